The lowest BCUT2D eigenvalue weighted by molar-refractivity contribution is -0.119. The van der Waals surface area contributed by atoms with Gasteiger partial charge in [-0.1, -0.05) is 30.3 Å². The van der Waals surface area contributed by atoms with Crippen LogP contribution in [0.15, 0.2) is 59.5 Å². The number of para-hydroxylation sites is 2. The SMILES string of the molecule is CCOc1ccccc1N(CC(=O)NC)S(=O)(=O)c1ccccc1. The van der Waals surface area contributed by atoms with Crippen molar-refractivity contribution >= 4 is 21.6 Å². The van der Waals surface area contributed by atoms with Crippen molar-refractivity contribution in [2.45, 2.75) is 11.8 Å². The van der Waals surface area contributed by atoms with Gasteiger partial charge in [0.1, 0.15) is 12.3 Å². The molecule has 0 heterocycles. The molecule has 2 rings (SSSR count). The van der Waals surface area contributed by atoms with Crippen LogP contribution in [0, 0.1) is 0 Å². The number of rotatable bonds is 7. The lowest BCUT2D eigenvalue weighted by Crippen LogP contribution is -2.40. The van der Waals surface area contributed by atoms with Crippen molar-refractivity contribution in [3.05, 3.63) is 54.6 Å². The topological polar surface area (TPSA) is 75.7 Å². The summed E-state index contributed by atoms with van der Waals surface area (Å²) in [6.07, 6.45) is 0. The highest BCUT2D eigenvalue weighted by Gasteiger charge is 2.28. The van der Waals surface area contributed by atoms with E-state index < -0.39 is 15.9 Å². The van der Waals surface area contributed by atoms with Gasteiger partial charge in [0, 0.05) is 7.05 Å². The number of hydrogen-bond acceptors (Lipinski definition) is 4. The second-order valence-electron chi connectivity index (χ2n) is 4.90. The molecule has 1 amide bonds. The van der Waals surface area contributed by atoms with E-state index >= 15 is 0 Å². The molecule has 0 aliphatic heterocycles. The molecule has 0 aliphatic rings. The molecule has 0 fully saturated rings. The first-order chi connectivity index (χ1) is 11.5. The first kappa shape index (κ1) is 17.8. The average Bonchev–Trinajstić information content (AvgIpc) is 2.61. The summed E-state index contributed by atoms with van der Waals surface area (Å²) in [7, 11) is -2.45. The molecule has 6 nitrogen and oxygen atoms in total. The number of carbonyl (C=O) groups excluding carboxylic acids is 1. The quantitative estimate of drug-likeness (QED) is 0.831. The lowest BCUT2D eigenvalue weighted by Gasteiger charge is -2.25. The Bertz CT molecular complexity index is 791. The number of ether oxygens (including phenoxy) is 1. The van der Waals surface area contributed by atoms with Crippen molar-refractivity contribution in [1.29, 1.82) is 0 Å². The van der Waals surface area contributed by atoms with E-state index in [1.807, 2.05) is 6.92 Å². The average molecular weight is 348 g/mol. The molecule has 7 heteroatoms. The first-order valence-electron chi connectivity index (χ1n) is 7.51. The zero-order valence-corrected chi connectivity index (χ0v) is 14.4. The summed E-state index contributed by atoms with van der Waals surface area (Å²) in [5.41, 5.74) is 0.326. The Hall–Kier alpha value is -2.54. The molecule has 0 atom stereocenters. The molecular formula is C17H20N2O4S. The monoisotopic (exact) mass is 348 g/mol. The Labute approximate surface area is 142 Å². The van der Waals surface area contributed by atoms with Gasteiger partial charge in [-0.3, -0.25) is 9.10 Å². The fraction of sp³-hybridized carbons (Fsp3) is 0.235. The van der Waals surface area contributed by atoms with Gasteiger partial charge in [0.2, 0.25) is 5.91 Å². The van der Waals surface area contributed by atoms with Gasteiger partial charge in [-0.15, -0.1) is 0 Å². The second-order valence-corrected chi connectivity index (χ2v) is 6.76. The molecule has 0 bridgehead atoms. The molecule has 0 aliphatic carbocycles. The maximum atomic E-state index is 13.0. The molecule has 24 heavy (non-hydrogen) atoms. The number of anilines is 1. The number of likely N-dealkylation sites (N-methyl/N-ethyl adjacent to an activating group) is 1. The van der Waals surface area contributed by atoms with E-state index in [1.54, 1.807) is 42.5 Å². The Morgan fingerprint density at radius 3 is 2.33 bits per heavy atom. The van der Waals surface area contributed by atoms with E-state index in [1.165, 1.54) is 19.2 Å². The number of nitrogens with zero attached hydrogens (tertiary/aromatic N) is 1. The van der Waals surface area contributed by atoms with Crippen LogP contribution in [0.25, 0.3) is 0 Å². The lowest BCUT2D eigenvalue weighted by atomic mass is 10.3. The minimum absolute atomic E-state index is 0.111. The maximum absolute atomic E-state index is 13.0. The second kappa shape index (κ2) is 7.83. The van der Waals surface area contributed by atoms with E-state index in [9.17, 15) is 13.2 Å². The summed E-state index contributed by atoms with van der Waals surface area (Å²) in [6, 6.07) is 14.8. The highest BCUT2D eigenvalue weighted by atomic mass is 32.2. The molecular weight excluding hydrogens is 328 g/mol. The summed E-state index contributed by atoms with van der Waals surface area (Å²) in [5, 5.41) is 2.45. The molecule has 0 spiro atoms. The Morgan fingerprint density at radius 2 is 1.71 bits per heavy atom. The van der Waals surface area contributed by atoms with Gasteiger partial charge in [0.15, 0.2) is 0 Å². The number of benzene rings is 2. The number of amides is 1. The highest BCUT2D eigenvalue weighted by Crippen LogP contribution is 2.32. The van der Waals surface area contributed by atoms with Gasteiger partial charge in [-0.2, -0.15) is 0 Å². The van der Waals surface area contributed by atoms with Crippen LogP contribution in [0.3, 0.4) is 0 Å². The number of carbonyl (C=O) groups is 1. The predicted molar refractivity (Wildman–Crippen MR) is 92.7 cm³/mol. The number of sulfonamides is 1. The van der Waals surface area contributed by atoms with Crippen LogP contribution < -0.4 is 14.4 Å². The summed E-state index contributed by atoms with van der Waals surface area (Å²) in [6.45, 7) is 1.86. The molecule has 0 aromatic heterocycles. The van der Waals surface area contributed by atoms with Crippen molar-refractivity contribution < 1.29 is 17.9 Å². The van der Waals surface area contributed by atoms with Gasteiger partial charge in [-0.05, 0) is 31.2 Å². The third-order valence-electron chi connectivity index (χ3n) is 3.33. The van der Waals surface area contributed by atoms with Crippen LogP contribution in [-0.2, 0) is 14.8 Å². The van der Waals surface area contributed by atoms with Crippen LogP contribution >= 0.6 is 0 Å². The summed E-state index contributed by atoms with van der Waals surface area (Å²) >= 11 is 0. The molecule has 1 N–H and O–H groups in total. The van der Waals surface area contributed by atoms with Crippen molar-refractivity contribution in [1.82, 2.24) is 5.32 Å². The van der Waals surface area contributed by atoms with Crippen LogP contribution in [0.2, 0.25) is 0 Å². The first-order valence-corrected chi connectivity index (χ1v) is 8.95. The van der Waals surface area contributed by atoms with E-state index in [-0.39, 0.29) is 11.4 Å². The van der Waals surface area contributed by atoms with Crippen LogP contribution in [-0.4, -0.2) is 34.5 Å². The van der Waals surface area contributed by atoms with E-state index in [2.05, 4.69) is 5.32 Å². The fourth-order valence-corrected chi connectivity index (χ4v) is 3.62. The Morgan fingerprint density at radius 1 is 1.08 bits per heavy atom. The third-order valence-corrected chi connectivity index (χ3v) is 5.10. The number of hydrogen-bond donors (Lipinski definition) is 1. The van der Waals surface area contributed by atoms with E-state index in [0.717, 1.165) is 4.31 Å². The van der Waals surface area contributed by atoms with Crippen molar-refractivity contribution in [3.8, 4) is 5.75 Å². The number of nitrogens with one attached hydrogen (secondary N) is 1. The molecule has 2 aromatic carbocycles. The largest absolute Gasteiger partial charge is 0.492 e. The van der Waals surface area contributed by atoms with Crippen molar-refractivity contribution in [3.63, 3.8) is 0 Å². The van der Waals surface area contributed by atoms with Crippen LogP contribution in [0.1, 0.15) is 6.92 Å². The molecule has 128 valence electrons. The third kappa shape index (κ3) is 3.86. The molecule has 0 saturated heterocycles. The van der Waals surface area contributed by atoms with E-state index in [0.29, 0.717) is 18.0 Å². The highest BCUT2D eigenvalue weighted by molar-refractivity contribution is 7.92. The van der Waals surface area contributed by atoms with Gasteiger partial charge in [-0.25, -0.2) is 8.42 Å². The van der Waals surface area contributed by atoms with Crippen LogP contribution in [0.5, 0.6) is 5.75 Å². The molecule has 2 aromatic rings. The Kier molecular flexibility index (Phi) is 5.81. The zero-order valence-electron chi connectivity index (χ0n) is 13.6. The molecule has 0 saturated carbocycles. The maximum Gasteiger partial charge on any atom is 0.264 e. The zero-order chi connectivity index (χ0) is 17.6. The normalized spacial score (nSPS) is 10.9. The van der Waals surface area contributed by atoms with Crippen molar-refractivity contribution in [2.75, 3.05) is 24.5 Å². The van der Waals surface area contributed by atoms with Gasteiger partial charge in [0.25, 0.3) is 10.0 Å². The Balaban J connectivity index is 2.56. The smallest absolute Gasteiger partial charge is 0.264 e. The summed E-state index contributed by atoms with van der Waals surface area (Å²) in [5.74, 6) is -0.00998. The minimum atomic E-state index is -3.91. The molecule has 0 radical (unpaired) electrons. The van der Waals surface area contributed by atoms with Gasteiger partial charge < -0.3 is 10.1 Å². The predicted octanol–water partition coefficient (Wildman–Crippen LogP) is 2.03. The van der Waals surface area contributed by atoms with Crippen molar-refractivity contribution in [2.24, 2.45) is 0 Å². The fourth-order valence-electron chi connectivity index (χ4n) is 2.17. The minimum Gasteiger partial charge on any atom is -0.492 e. The standard InChI is InChI=1S/C17H20N2O4S/c1-3-23-16-12-8-7-11-15(16)19(13-17(20)18-2)24(21,22)14-9-5-4-6-10-14/h4-12H,3,13H2,1-2H3,(H,18,20). The summed E-state index contributed by atoms with van der Waals surface area (Å²) in [4.78, 5) is 12.0. The molecule has 0 unspecified atom stereocenters. The van der Waals surface area contributed by atoms with Gasteiger partial charge in [0.05, 0.1) is 17.2 Å². The van der Waals surface area contributed by atoms with E-state index in [4.69, 9.17) is 4.74 Å². The van der Waals surface area contributed by atoms with Gasteiger partial charge >= 0.3 is 0 Å². The summed E-state index contributed by atoms with van der Waals surface area (Å²) < 4.78 is 32.7. The van der Waals surface area contributed by atoms with Crippen LogP contribution in [0.4, 0.5) is 5.69 Å².